The second-order valence-electron chi connectivity index (χ2n) is 8.23. The summed E-state index contributed by atoms with van der Waals surface area (Å²) in [6.07, 6.45) is 2.56. The average molecular weight is 421 g/mol. The number of piperidine rings is 1. The molecule has 0 unspecified atom stereocenters. The van der Waals surface area contributed by atoms with Gasteiger partial charge in [-0.25, -0.2) is 4.79 Å². The zero-order valence-electron chi connectivity index (χ0n) is 18.0. The monoisotopic (exact) mass is 420 g/mol. The third-order valence-corrected chi connectivity index (χ3v) is 6.23. The van der Waals surface area contributed by atoms with Crippen LogP contribution in [0.15, 0.2) is 53.3 Å². The number of nitrogens with one attached hydrogen (secondary N) is 1. The molecule has 0 radical (unpaired) electrons. The molecule has 7 heteroatoms. The van der Waals surface area contributed by atoms with E-state index in [1.807, 2.05) is 53.4 Å². The number of carbonyl (C=O) groups excluding carboxylic acids is 2. The van der Waals surface area contributed by atoms with Crippen molar-refractivity contribution >= 4 is 28.5 Å². The van der Waals surface area contributed by atoms with Crippen molar-refractivity contribution in [2.75, 3.05) is 18.4 Å². The second-order valence-corrected chi connectivity index (χ2v) is 8.23. The lowest BCUT2D eigenvalue weighted by Gasteiger charge is -2.31. The Kier molecular flexibility index (Phi) is 5.93. The SMILES string of the molecule is Cn1c(=O)n(C)c2cc(NC(=O)C3CCN(C(=O)CCc4ccccc4)CC3)ccc21. The molecule has 7 nitrogen and oxygen atoms in total. The molecule has 0 atom stereocenters. The van der Waals surface area contributed by atoms with E-state index in [2.05, 4.69) is 5.32 Å². The molecule has 1 saturated heterocycles. The van der Waals surface area contributed by atoms with E-state index in [1.54, 1.807) is 23.2 Å². The number of hydrogen-bond donors (Lipinski definition) is 1. The van der Waals surface area contributed by atoms with Crippen LogP contribution < -0.4 is 11.0 Å². The molecule has 0 bridgehead atoms. The van der Waals surface area contributed by atoms with E-state index in [4.69, 9.17) is 0 Å². The summed E-state index contributed by atoms with van der Waals surface area (Å²) in [4.78, 5) is 39.2. The molecule has 1 N–H and O–H groups in total. The highest BCUT2D eigenvalue weighted by Gasteiger charge is 2.27. The fraction of sp³-hybridized carbons (Fsp3) is 0.375. The number of benzene rings is 2. The lowest BCUT2D eigenvalue weighted by Crippen LogP contribution is -2.41. The van der Waals surface area contributed by atoms with E-state index in [1.165, 1.54) is 0 Å². The van der Waals surface area contributed by atoms with Crippen molar-refractivity contribution in [1.82, 2.24) is 14.0 Å². The van der Waals surface area contributed by atoms with Gasteiger partial charge in [0.25, 0.3) is 0 Å². The van der Waals surface area contributed by atoms with Gasteiger partial charge in [0, 0.05) is 45.2 Å². The first-order valence-electron chi connectivity index (χ1n) is 10.7. The topological polar surface area (TPSA) is 76.3 Å². The number of amides is 2. The van der Waals surface area contributed by atoms with Crippen molar-refractivity contribution in [3.05, 3.63) is 64.6 Å². The fourth-order valence-corrected chi connectivity index (χ4v) is 4.27. The van der Waals surface area contributed by atoms with Crippen LogP contribution in [-0.4, -0.2) is 38.9 Å². The van der Waals surface area contributed by atoms with Crippen LogP contribution in [0.25, 0.3) is 11.0 Å². The number of imidazole rings is 1. The van der Waals surface area contributed by atoms with Gasteiger partial charge in [-0.1, -0.05) is 30.3 Å². The molecule has 3 aromatic rings. The molecule has 1 aromatic heterocycles. The maximum atomic E-state index is 12.8. The largest absolute Gasteiger partial charge is 0.343 e. The number of aryl methyl sites for hydroxylation is 3. The number of hydrogen-bond acceptors (Lipinski definition) is 3. The van der Waals surface area contributed by atoms with Crippen LogP contribution in [0, 0.1) is 5.92 Å². The van der Waals surface area contributed by atoms with E-state index >= 15 is 0 Å². The molecule has 1 aliphatic heterocycles. The van der Waals surface area contributed by atoms with Gasteiger partial charge in [0.05, 0.1) is 11.0 Å². The summed E-state index contributed by atoms with van der Waals surface area (Å²) < 4.78 is 3.16. The van der Waals surface area contributed by atoms with Crippen molar-refractivity contribution in [2.45, 2.75) is 25.7 Å². The van der Waals surface area contributed by atoms with E-state index < -0.39 is 0 Å². The molecule has 2 amide bonds. The van der Waals surface area contributed by atoms with Crippen LogP contribution in [0.5, 0.6) is 0 Å². The highest BCUT2D eigenvalue weighted by Crippen LogP contribution is 2.22. The Morgan fingerprint density at radius 1 is 0.968 bits per heavy atom. The summed E-state index contributed by atoms with van der Waals surface area (Å²) in [5.41, 5.74) is 3.36. The van der Waals surface area contributed by atoms with Crippen molar-refractivity contribution in [2.24, 2.45) is 20.0 Å². The van der Waals surface area contributed by atoms with Crippen LogP contribution >= 0.6 is 0 Å². The van der Waals surface area contributed by atoms with Crippen molar-refractivity contribution < 1.29 is 9.59 Å². The van der Waals surface area contributed by atoms with Crippen LogP contribution in [0.3, 0.4) is 0 Å². The number of carbonyl (C=O) groups is 2. The van der Waals surface area contributed by atoms with Gasteiger partial charge in [-0.3, -0.25) is 18.7 Å². The Morgan fingerprint density at radius 2 is 1.65 bits per heavy atom. The predicted octanol–water partition coefficient (Wildman–Crippen LogP) is 2.69. The first-order valence-corrected chi connectivity index (χ1v) is 10.7. The lowest BCUT2D eigenvalue weighted by atomic mass is 9.95. The molecular formula is C24H28N4O3. The quantitative estimate of drug-likeness (QED) is 0.690. The molecule has 4 rings (SSSR count). The molecule has 0 spiro atoms. The van der Waals surface area contributed by atoms with Gasteiger partial charge in [-0.2, -0.15) is 0 Å². The van der Waals surface area contributed by atoms with Crippen LogP contribution in [0.2, 0.25) is 0 Å². The van der Waals surface area contributed by atoms with Gasteiger partial charge in [0.1, 0.15) is 0 Å². The molecule has 1 aliphatic rings. The maximum Gasteiger partial charge on any atom is 0.328 e. The third kappa shape index (κ3) is 4.40. The van der Waals surface area contributed by atoms with Crippen LogP contribution in [-0.2, 0) is 30.1 Å². The molecule has 0 aliphatic carbocycles. The second kappa shape index (κ2) is 8.79. The Balaban J connectivity index is 1.31. The first-order chi connectivity index (χ1) is 14.9. The molecule has 0 saturated carbocycles. The summed E-state index contributed by atoms with van der Waals surface area (Å²) in [5, 5.41) is 2.98. The zero-order chi connectivity index (χ0) is 22.0. The fourth-order valence-electron chi connectivity index (χ4n) is 4.27. The van der Waals surface area contributed by atoms with Crippen molar-refractivity contribution in [3.63, 3.8) is 0 Å². The van der Waals surface area contributed by atoms with Gasteiger partial charge in [-0.05, 0) is 43.0 Å². The number of rotatable bonds is 5. The third-order valence-electron chi connectivity index (χ3n) is 6.23. The number of fused-ring (bicyclic) bond motifs is 1. The minimum atomic E-state index is -0.117. The smallest absolute Gasteiger partial charge is 0.328 e. The summed E-state index contributed by atoms with van der Waals surface area (Å²) in [6.45, 7) is 1.22. The summed E-state index contributed by atoms with van der Waals surface area (Å²) in [5.74, 6) is 0.00304. The van der Waals surface area contributed by atoms with Crippen molar-refractivity contribution in [3.8, 4) is 0 Å². The van der Waals surface area contributed by atoms with Gasteiger partial charge < -0.3 is 10.2 Å². The van der Waals surface area contributed by atoms with Gasteiger partial charge in [0.15, 0.2) is 0 Å². The Bertz CT molecular complexity index is 1150. The maximum absolute atomic E-state index is 12.8. The molecule has 31 heavy (non-hydrogen) atoms. The molecule has 1 fully saturated rings. The van der Waals surface area contributed by atoms with Crippen LogP contribution in [0.4, 0.5) is 5.69 Å². The molecule has 2 heterocycles. The highest BCUT2D eigenvalue weighted by molar-refractivity contribution is 5.94. The van der Waals surface area contributed by atoms with Crippen LogP contribution in [0.1, 0.15) is 24.8 Å². The lowest BCUT2D eigenvalue weighted by molar-refractivity contribution is -0.134. The summed E-state index contributed by atoms with van der Waals surface area (Å²) in [6, 6.07) is 15.5. The van der Waals surface area contributed by atoms with Crippen molar-refractivity contribution in [1.29, 1.82) is 0 Å². The number of anilines is 1. The number of likely N-dealkylation sites (tertiary alicyclic amines) is 1. The Hall–Kier alpha value is -3.35. The summed E-state index contributed by atoms with van der Waals surface area (Å²) >= 11 is 0. The average Bonchev–Trinajstić information content (AvgIpc) is 3.02. The van der Waals surface area contributed by atoms with Gasteiger partial charge >= 0.3 is 5.69 Å². The standard InChI is InChI=1S/C24H28N4O3/c1-26-20-10-9-19(16-21(20)27(2)24(26)31)25-23(30)18-12-14-28(15-13-18)22(29)11-8-17-6-4-3-5-7-17/h3-7,9-10,16,18H,8,11-15H2,1-2H3,(H,25,30). The minimum Gasteiger partial charge on any atom is -0.343 e. The predicted molar refractivity (Wildman–Crippen MR) is 121 cm³/mol. The van der Waals surface area contributed by atoms with E-state index in [0.717, 1.165) is 23.0 Å². The first kappa shape index (κ1) is 20.9. The molecule has 2 aromatic carbocycles. The molecule has 162 valence electrons. The van der Waals surface area contributed by atoms with Gasteiger partial charge in [0.2, 0.25) is 11.8 Å². The molecular weight excluding hydrogens is 392 g/mol. The number of aromatic nitrogens is 2. The normalized spacial score (nSPS) is 14.7. The van der Waals surface area contributed by atoms with E-state index in [9.17, 15) is 14.4 Å². The Labute approximate surface area is 181 Å². The van der Waals surface area contributed by atoms with Gasteiger partial charge in [-0.15, -0.1) is 0 Å². The summed E-state index contributed by atoms with van der Waals surface area (Å²) in [7, 11) is 3.46. The highest BCUT2D eigenvalue weighted by atomic mass is 16.2. The zero-order valence-corrected chi connectivity index (χ0v) is 18.0. The van der Waals surface area contributed by atoms with E-state index in [-0.39, 0.29) is 23.4 Å². The Morgan fingerprint density at radius 3 is 2.35 bits per heavy atom. The van der Waals surface area contributed by atoms with E-state index in [0.29, 0.717) is 38.0 Å². The number of nitrogens with zero attached hydrogens (tertiary/aromatic N) is 3. The minimum absolute atomic E-state index is 0.0309.